The van der Waals surface area contributed by atoms with Crippen molar-refractivity contribution in [3.8, 4) is 55.6 Å². The van der Waals surface area contributed by atoms with Gasteiger partial charge in [-0.25, -0.2) is 0 Å². The first-order chi connectivity index (χ1) is 28.2. The number of rotatable bonds is 8. The Labute approximate surface area is 334 Å². The normalized spacial score (nSPS) is 11.2. The van der Waals surface area contributed by atoms with Gasteiger partial charge in [0, 0.05) is 17.1 Å². The molecule has 268 valence electrons. The first-order valence-corrected chi connectivity index (χ1v) is 19.6. The minimum absolute atomic E-state index is 1.10. The summed E-state index contributed by atoms with van der Waals surface area (Å²) in [7, 11) is 0. The maximum Gasteiger partial charge on any atom is 0.0462 e. The summed E-state index contributed by atoms with van der Waals surface area (Å²) in [6.07, 6.45) is 0. The van der Waals surface area contributed by atoms with Crippen molar-refractivity contribution in [1.29, 1.82) is 0 Å². The molecule has 0 heterocycles. The summed E-state index contributed by atoms with van der Waals surface area (Å²) in [5.74, 6) is 0. The van der Waals surface area contributed by atoms with Crippen LogP contribution in [0.1, 0.15) is 0 Å². The van der Waals surface area contributed by atoms with E-state index in [4.69, 9.17) is 0 Å². The van der Waals surface area contributed by atoms with Crippen molar-refractivity contribution >= 4 is 38.6 Å². The van der Waals surface area contributed by atoms with Crippen molar-refractivity contribution in [3.63, 3.8) is 0 Å². The van der Waals surface area contributed by atoms with Gasteiger partial charge in [0.1, 0.15) is 0 Å². The fourth-order valence-electron chi connectivity index (χ4n) is 7.97. The molecule has 0 aromatic heterocycles. The van der Waals surface area contributed by atoms with Gasteiger partial charge in [-0.2, -0.15) is 0 Å². The lowest BCUT2D eigenvalue weighted by Gasteiger charge is -2.26. The molecule has 0 amide bonds. The fraction of sp³-hybridized carbons (Fsp3) is 0. The highest BCUT2D eigenvalue weighted by molar-refractivity contribution is 5.93. The van der Waals surface area contributed by atoms with E-state index in [1.807, 2.05) is 0 Å². The molecule has 0 radical (unpaired) electrons. The molecule has 1 heteroatoms. The molecular weight excluding hydrogens is 687 g/mol. The molecular formula is C56H39N. The van der Waals surface area contributed by atoms with E-state index < -0.39 is 0 Å². The van der Waals surface area contributed by atoms with E-state index >= 15 is 0 Å². The van der Waals surface area contributed by atoms with E-state index in [-0.39, 0.29) is 0 Å². The molecule has 10 aromatic rings. The average Bonchev–Trinajstić information content (AvgIpc) is 3.30. The van der Waals surface area contributed by atoms with Crippen LogP contribution < -0.4 is 4.90 Å². The third-order valence-electron chi connectivity index (χ3n) is 11.0. The molecule has 10 aromatic carbocycles. The Hall–Kier alpha value is -7.48. The second-order valence-corrected chi connectivity index (χ2v) is 14.6. The Morgan fingerprint density at radius 2 is 0.456 bits per heavy atom. The van der Waals surface area contributed by atoms with Crippen molar-refractivity contribution in [2.24, 2.45) is 0 Å². The van der Waals surface area contributed by atoms with Gasteiger partial charge in [0.05, 0.1) is 0 Å². The Morgan fingerprint density at radius 3 is 0.930 bits per heavy atom. The van der Waals surface area contributed by atoms with E-state index in [2.05, 4.69) is 241 Å². The summed E-state index contributed by atoms with van der Waals surface area (Å²) in [6.45, 7) is 0. The van der Waals surface area contributed by atoms with E-state index in [1.54, 1.807) is 0 Å². The molecule has 57 heavy (non-hydrogen) atoms. The van der Waals surface area contributed by atoms with Gasteiger partial charge in [-0.3, -0.25) is 0 Å². The molecule has 0 N–H and O–H groups in total. The molecule has 0 saturated heterocycles. The molecule has 0 unspecified atom stereocenters. The van der Waals surface area contributed by atoms with Crippen LogP contribution in [0.25, 0.3) is 77.2 Å². The molecule has 0 aliphatic carbocycles. The number of benzene rings is 10. The highest BCUT2D eigenvalue weighted by Crippen LogP contribution is 2.39. The molecule has 0 aliphatic heterocycles. The number of hydrogen-bond donors (Lipinski definition) is 0. The summed E-state index contributed by atoms with van der Waals surface area (Å²) in [4.78, 5) is 2.34. The van der Waals surface area contributed by atoms with Gasteiger partial charge < -0.3 is 4.90 Å². The van der Waals surface area contributed by atoms with Crippen LogP contribution in [-0.2, 0) is 0 Å². The summed E-state index contributed by atoms with van der Waals surface area (Å²) in [5.41, 5.74) is 15.4. The molecule has 10 rings (SSSR count). The van der Waals surface area contributed by atoms with Crippen LogP contribution in [0.5, 0.6) is 0 Å². The van der Waals surface area contributed by atoms with Gasteiger partial charge in [0.2, 0.25) is 0 Å². The third kappa shape index (κ3) is 6.99. The standard InChI is InChI=1S/C56H39N/c1-3-10-40(11-4-1)43-24-30-54(31-25-43)57(55-32-26-44(27-33-55)48-17-9-16-47(36-48)41-12-5-2-6-13-41)56-34-28-45(29-35-56)49-20-21-52-39-53(23-22-51(52)38-49)50-19-18-42-14-7-8-15-46(42)37-50/h1-39H. The second kappa shape index (κ2) is 15.0. The van der Waals surface area contributed by atoms with Crippen molar-refractivity contribution in [2.45, 2.75) is 0 Å². The smallest absolute Gasteiger partial charge is 0.0462 e. The number of nitrogens with zero attached hydrogens (tertiary/aromatic N) is 1. The maximum atomic E-state index is 2.34. The lowest BCUT2D eigenvalue weighted by atomic mass is 9.96. The van der Waals surface area contributed by atoms with Crippen LogP contribution in [-0.4, -0.2) is 0 Å². The molecule has 0 fully saturated rings. The van der Waals surface area contributed by atoms with Crippen molar-refractivity contribution in [2.75, 3.05) is 4.90 Å². The number of anilines is 3. The molecule has 0 spiro atoms. The lowest BCUT2D eigenvalue weighted by Crippen LogP contribution is -2.09. The molecule has 0 atom stereocenters. The Bertz CT molecular complexity index is 2970. The van der Waals surface area contributed by atoms with Crippen LogP contribution in [0.15, 0.2) is 237 Å². The largest absolute Gasteiger partial charge is 0.311 e. The van der Waals surface area contributed by atoms with Crippen LogP contribution in [0.2, 0.25) is 0 Å². The Balaban J connectivity index is 0.963. The Morgan fingerprint density at radius 1 is 0.175 bits per heavy atom. The SMILES string of the molecule is c1ccc(-c2ccc(N(c3ccc(-c4cccc(-c5ccccc5)c4)cc3)c3ccc(-c4ccc5cc(-c6ccc7ccccc7c6)ccc5c4)cc3)cc2)cc1. The predicted octanol–water partition coefficient (Wildman–Crippen LogP) is 15.8. The van der Waals surface area contributed by atoms with Crippen molar-refractivity contribution < 1.29 is 0 Å². The molecule has 1 nitrogen and oxygen atoms in total. The van der Waals surface area contributed by atoms with Crippen LogP contribution in [0.3, 0.4) is 0 Å². The van der Waals surface area contributed by atoms with Gasteiger partial charge in [-0.15, -0.1) is 0 Å². The van der Waals surface area contributed by atoms with E-state index in [9.17, 15) is 0 Å². The van der Waals surface area contributed by atoms with Crippen molar-refractivity contribution in [1.82, 2.24) is 0 Å². The summed E-state index contributed by atoms with van der Waals surface area (Å²) in [6, 6.07) is 85.6. The second-order valence-electron chi connectivity index (χ2n) is 14.6. The maximum absolute atomic E-state index is 2.34. The molecule has 0 saturated carbocycles. The van der Waals surface area contributed by atoms with Gasteiger partial charge in [-0.1, -0.05) is 176 Å². The topological polar surface area (TPSA) is 3.24 Å². The van der Waals surface area contributed by atoms with Crippen LogP contribution >= 0.6 is 0 Å². The first kappa shape index (κ1) is 34.0. The monoisotopic (exact) mass is 725 g/mol. The quantitative estimate of drug-likeness (QED) is 0.151. The van der Waals surface area contributed by atoms with Crippen LogP contribution in [0, 0.1) is 0 Å². The van der Waals surface area contributed by atoms with E-state index in [0.29, 0.717) is 0 Å². The number of hydrogen-bond acceptors (Lipinski definition) is 1. The summed E-state index contributed by atoms with van der Waals surface area (Å²) in [5, 5.41) is 5.00. The lowest BCUT2D eigenvalue weighted by molar-refractivity contribution is 1.28. The fourth-order valence-corrected chi connectivity index (χ4v) is 7.97. The third-order valence-corrected chi connectivity index (χ3v) is 11.0. The van der Waals surface area contributed by atoms with Crippen molar-refractivity contribution in [3.05, 3.63) is 237 Å². The molecule has 0 aliphatic rings. The van der Waals surface area contributed by atoms with E-state index in [0.717, 1.165) is 17.1 Å². The summed E-state index contributed by atoms with van der Waals surface area (Å²) >= 11 is 0. The zero-order chi connectivity index (χ0) is 38.0. The zero-order valence-electron chi connectivity index (χ0n) is 31.5. The first-order valence-electron chi connectivity index (χ1n) is 19.6. The minimum Gasteiger partial charge on any atom is -0.311 e. The molecule has 0 bridgehead atoms. The average molecular weight is 726 g/mol. The van der Waals surface area contributed by atoms with Gasteiger partial charge in [0.25, 0.3) is 0 Å². The number of fused-ring (bicyclic) bond motifs is 2. The zero-order valence-corrected chi connectivity index (χ0v) is 31.5. The summed E-state index contributed by atoms with van der Waals surface area (Å²) < 4.78 is 0. The Kier molecular flexibility index (Phi) is 8.95. The van der Waals surface area contributed by atoms with E-state index in [1.165, 1.54) is 77.2 Å². The van der Waals surface area contributed by atoms with Gasteiger partial charge in [-0.05, 0) is 138 Å². The minimum atomic E-state index is 1.10. The van der Waals surface area contributed by atoms with Crippen LogP contribution in [0.4, 0.5) is 17.1 Å². The van der Waals surface area contributed by atoms with Gasteiger partial charge in [0.15, 0.2) is 0 Å². The predicted molar refractivity (Wildman–Crippen MR) is 243 cm³/mol. The highest BCUT2D eigenvalue weighted by atomic mass is 15.1. The highest BCUT2D eigenvalue weighted by Gasteiger charge is 2.14. The van der Waals surface area contributed by atoms with Gasteiger partial charge >= 0.3 is 0 Å².